The second-order valence-electron chi connectivity index (χ2n) is 7.65. The number of anilines is 1. The predicted molar refractivity (Wildman–Crippen MR) is 122 cm³/mol. The average Bonchev–Trinajstić information content (AvgIpc) is 3.33. The van der Waals surface area contributed by atoms with Crippen molar-refractivity contribution < 1.29 is 14.1 Å². The zero-order chi connectivity index (χ0) is 22.7. The molecule has 0 radical (unpaired) electrons. The van der Waals surface area contributed by atoms with Crippen LogP contribution in [0.2, 0.25) is 5.02 Å². The third kappa shape index (κ3) is 5.00. The van der Waals surface area contributed by atoms with Gasteiger partial charge in [0.1, 0.15) is 18.1 Å². The first kappa shape index (κ1) is 21.6. The Morgan fingerprint density at radius 1 is 1.16 bits per heavy atom. The fourth-order valence-corrected chi connectivity index (χ4v) is 3.61. The smallest absolute Gasteiger partial charge is 0.278 e. The number of carbonyl (C=O) groups is 1. The number of nitrogens with one attached hydrogen (secondary N) is 1. The van der Waals surface area contributed by atoms with Gasteiger partial charge in [0.25, 0.3) is 5.91 Å². The Kier molecular flexibility index (Phi) is 6.28. The summed E-state index contributed by atoms with van der Waals surface area (Å²) in [5.41, 5.74) is 4.48. The van der Waals surface area contributed by atoms with E-state index in [1.54, 1.807) is 24.0 Å². The summed E-state index contributed by atoms with van der Waals surface area (Å²) in [6.45, 7) is 6.44. The molecular weight excluding hydrogens is 428 g/mol. The van der Waals surface area contributed by atoms with Crippen LogP contribution in [0, 0.1) is 20.8 Å². The van der Waals surface area contributed by atoms with Crippen molar-refractivity contribution in [3.8, 4) is 5.75 Å². The quantitative estimate of drug-likeness (QED) is 0.411. The molecule has 1 N–H and O–H groups in total. The van der Waals surface area contributed by atoms with Crippen molar-refractivity contribution in [2.45, 2.75) is 33.9 Å². The lowest BCUT2D eigenvalue weighted by atomic mass is 10.1. The summed E-state index contributed by atoms with van der Waals surface area (Å²) in [5, 5.41) is 11.7. The second-order valence-corrected chi connectivity index (χ2v) is 8.06. The van der Waals surface area contributed by atoms with Gasteiger partial charge in [0.15, 0.2) is 5.69 Å². The molecule has 0 aliphatic heterocycles. The van der Waals surface area contributed by atoms with Crippen LogP contribution in [0.15, 0.2) is 59.4 Å². The molecule has 164 valence electrons. The molecule has 7 nitrogen and oxygen atoms in total. The van der Waals surface area contributed by atoms with Crippen LogP contribution >= 0.6 is 11.6 Å². The maximum atomic E-state index is 12.8. The van der Waals surface area contributed by atoms with E-state index in [1.165, 1.54) is 0 Å². The van der Waals surface area contributed by atoms with Gasteiger partial charge in [-0.25, -0.2) is 0 Å². The SMILES string of the molecule is Cc1cc(C)cc(OCc2c(C(=O)Nc3cnn(Cc4ccccc4Cl)c3)noc2C)c1. The van der Waals surface area contributed by atoms with Crippen molar-refractivity contribution in [1.82, 2.24) is 14.9 Å². The van der Waals surface area contributed by atoms with Crippen molar-refractivity contribution in [2.24, 2.45) is 0 Å². The minimum absolute atomic E-state index is 0.173. The Labute approximate surface area is 190 Å². The van der Waals surface area contributed by atoms with Crippen LogP contribution in [0.5, 0.6) is 5.75 Å². The fraction of sp³-hybridized carbons (Fsp3) is 0.208. The maximum Gasteiger partial charge on any atom is 0.278 e. The monoisotopic (exact) mass is 450 g/mol. The molecule has 0 saturated heterocycles. The van der Waals surface area contributed by atoms with E-state index in [0.717, 1.165) is 22.4 Å². The lowest BCUT2D eigenvalue weighted by Crippen LogP contribution is -2.15. The van der Waals surface area contributed by atoms with Crippen LogP contribution in [-0.2, 0) is 13.2 Å². The summed E-state index contributed by atoms with van der Waals surface area (Å²) in [6.07, 6.45) is 3.31. The Morgan fingerprint density at radius 2 is 1.91 bits per heavy atom. The molecule has 2 aromatic carbocycles. The van der Waals surface area contributed by atoms with Crippen molar-refractivity contribution in [3.63, 3.8) is 0 Å². The van der Waals surface area contributed by atoms with E-state index in [4.69, 9.17) is 20.9 Å². The number of hydrogen-bond acceptors (Lipinski definition) is 5. The van der Waals surface area contributed by atoms with E-state index in [-0.39, 0.29) is 12.3 Å². The Hall–Kier alpha value is -3.58. The standard InChI is InChI=1S/C24H23ClN4O3/c1-15-8-16(2)10-20(9-15)31-14-21-17(3)32-28-23(21)24(30)27-19-11-26-29(13-19)12-18-6-4-5-7-22(18)25/h4-11,13H,12,14H2,1-3H3,(H,27,30). The van der Waals surface area contributed by atoms with Gasteiger partial charge in [-0.15, -0.1) is 0 Å². The largest absolute Gasteiger partial charge is 0.489 e. The Bertz CT molecular complexity index is 1240. The molecular formula is C24H23ClN4O3. The van der Waals surface area contributed by atoms with Gasteiger partial charge in [0.2, 0.25) is 0 Å². The van der Waals surface area contributed by atoms with Crippen LogP contribution < -0.4 is 10.1 Å². The van der Waals surface area contributed by atoms with Crippen LogP contribution in [0.3, 0.4) is 0 Å². The third-order valence-electron chi connectivity index (χ3n) is 4.96. The predicted octanol–water partition coefficient (Wildman–Crippen LogP) is 5.33. The van der Waals surface area contributed by atoms with Crippen LogP contribution in [0.25, 0.3) is 0 Å². The molecule has 4 rings (SSSR count). The Morgan fingerprint density at radius 3 is 2.66 bits per heavy atom. The van der Waals surface area contributed by atoms with Crippen molar-refractivity contribution in [3.05, 3.63) is 93.6 Å². The summed E-state index contributed by atoms with van der Waals surface area (Å²) < 4.78 is 12.9. The summed E-state index contributed by atoms with van der Waals surface area (Å²) in [6, 6.07) is 13.5. The average molecular weight is 451 g/mol. The number of aryl methyl sites for hydroxylation is 3. The van der Waals surface area contributed by atoms with E-state index >= 15 is 0 Å². The highest BCUT2D eigenvalue weighted by atomic mass is 35.5. The van der Waals surface area contributed by atoms with E-state index < -0.39 is 5.91 Å². The zero-order valence-corrected chi connectivity index (χ0v) is 18.8. The third-order valence-corrected chi connectivity index (χ3v) is 5.33. The van der Waals surface area contributed by atoms with E-state index in [2.05, 4.69) is 21.6 Å². The number of hydrogen-bond donors (Lipinski definition) is 1. The van der Waals surface area contributed by atoms with Crippen LogP contribution in [0.4, 0.5) is 5.69 Å². The molecule has 0 fully saturated rings. The molecule has 0 saturated carbocycles. The molecule has 0 aliphatic rings. The van der Waals surface area contributed by atoms with Crippen LogP contribution in [0.1, 0.15) is 38.5 Å². The van der Waals surface area contributed by atoms with Crippen LogP contribution in [-0.4, -0.2) is 20.8 Å². The van der Waals surface area contributed by atoms with E-state index in [1.807, 2.05) is 50.2 Å². The molecule has 2 heterocycles. The summed E-state index contributed by atoms with van der Waals surface area (Å²) >= 11 is 6.21. The summed E-state index contributed by atoms with van der Waals surface area (Å²) in [5.74, 6) is 0.877. The second kappa shape index (κ2) is 9.28. The molecule has 0 bridgehead atoms. The first-order valence-corrected chi connectivity index (χ1v) is 10.5. The van der Waals surface area contributed by atoms with Gasteiger partial charge in [0, 0.05) is 11.2 Å². The van der Waals surface area contributed by atoms with Crippen molar-refractivity contribution in [1.29, 1.82) is 0 Å². The molecule has 0 unspecified atom stereocenters. The van der Waals surface area contributed by atoms with Crippen molar-refractivity contribution in [2.75, 3.05) is 5.32 Å². The first-order chi connectivity index (χ1) is 15.4. The molecule has 4 aromatic rings. The minimum atomic E-state index is -0.391. The minimum Gasteiger partial charge on any atom is -0.489 e. The summed E-state index contributed by atoms with van der Waals surface area (Å²) in [4.78, 5) is 12.8. The van der Waals surface area contributed by atoms with Gasteiger partial charge in [-0.1, -0.05) is 41.0 Å². The van der Waals surface area contributed by atoms with Gasteiger partial charge in [-0.3, -0.25) is 9.48 Å². The zero-order valence-electron chi connectivity index (χ0n) is 18.1. The van der Waals surface area contributed by atoms with Gasteiger partial charge in [0.05, 0.1) is 24.0 Å². The highest BCUT2D eigenvalue weighted by Gasteiger charge is 2.21. The number of nitrogens with zero attached hydrogens (tertiary/aromatic N) is 3. The normalized spacial score (nSPS) is 10.9. The number of ether oxygens (including phenoxy) is 1. The highest BCUT2D eigenvalue weighted by molar-refractivity contribution is 6.31. The number of carbonyl (C=O) groups excluding carboxylic acids is 1. The topological polar surface area (TPSA) is 82.2 Å². The molecule has 8 heteroatoms. The number of amides is 1. The number of rotatable bonds is 7. The molecule has 32 heavy (non-hydrogen) atoms. The van der Waals surface area contributed by atoms with Gasteiger partial charge < -0.3 is 14.6 Å². The van der Waals surface area contributed by atoms with Gasteiger partial charge in [-0.05, 0) is 55.7 Å². The molecule has 0 spiro atoms. The summed E-state index contributed by atoms with van der Waals surface area (Å²) in [7, 11) is 0. The molecule has 1 amide bonds. The van der Waals surface area contributed by atoms with Crippen molar-refractivity contribution >= 4 is 23.2 Å². The van der Waals surface area contributed by atoms with Gasteiger partial charge >= 0.3 is 0 Å². The molecule has 0 aliphatic carbocycles. The fourth-order valence-electron chi connectivity index (χ4n) is 3.42. The lowest BCUT2D eigenvalue weighted by Gasteiger charge is -2.08. The van der Waals surface area contributed by atoms with Gasteiger partial charge in [-0.2, -0.15) is 5.10 Å². The lowest BCUT2D eigenvalue weighted by molar-refractivity contribution is 0.101. The van der Waals surface area contributed by atoms with E-state index in [0.29, 0.717) is 28.6 Å². The number of aromatic nitrogens is 3. The maximum absolute atomic E-state index is 12.8. The highest BCUT2D eigenvalue weighted by Crippen LogP contribution is 2.22. The first-order valence-electron chi connectivity index (χ1n) is 10.1. The molecule has 0 atom stereocenters. The number of halogens is 1. The molecule has 2 aromatic heterocycles. The Balaban J connectivity index is 1.44. The van der Waals surface area contributed by atoms with E-state index in [9.17, 15) is 4.79 Å². The number of benzene rings is 2.